The number of epoxide rings is 1. The fourth-order valence-electron chi connectivity index (χ4n) is 1.41. The Morgan fingerprint density at radius 3 is 2.25 bits per heavy atom. The Hall–Kier alpha value is -0.340. The van der Waals surface area contributed by atoms with Gasteiger partial charge in [-0.25, -0.2) is 0 Å². The van der Waals surface area contributed by atoms with Gasteiger partial charge in [0.2, 0.25) is 0 Å². The van der Waals surface area contributed by atoms with E-state index in [2.05, 4.69) is 41.9 Å². The molecule has 0 N–H and O–H groups in total. The van der Waals surface area contributed by atoms with Crippen molar-refractivity contribution in [3.63, 3.8) is 0 Å². The van der Waals surface area contributed by atoms with E-state index in [1.807, 2.05) is 0 Å². The molecule has 2 rings (SSSR count). The van der Waals surface area contributed by atoms with Crippen LogP contribution in [0.15, 0.2) is 16.6 Å². The van der Waals surface area contributed by atoms with Crippen LogP contribution in [0, 0.1) is 13.8 Å². The molecule has 1 aromatic rings. The van der Waals surface area contributed by atoms with Gasteiger partial charge in [0.1, 0.15) is 6.10 Å². The quantitative estimate of drug-likeness (QED) is 0.671. The summed E-state index contributed by atoms with van der Waals surface area (Å²) in [5.41, 5.74) is 3.90. The lowest BCUT2D eigenvalue weighted by Crippen LogP contribution is -1.87. The summed E-state index contributed by atoms with van der Waals surface area (Å²) in [6, 6.07) is 4.38. The second-order valence-electron chi connectivity index (χ2n) is 3.29. The Morgan fingerprint density at radius 1 is 1.33 bits per heavy atom. The van der Waals surface area contributed by atoms with E-state index in [-0.39, 0.29) is 0 Å². The van der Waals surface area contributed by atoms with E-state index in [4.69, 9.17) is 4.74 Å². The molecule has 1 atom stereocenters. The second kappa shape index (κ2) is 2.86. The van der Waals surface area contributed by atoms with Gasteiger partial charge in [-0.2, -0.15) is 0 Å². The summed E-state index contributed by atoms with van der Waals surface area (Å²) in [7, 11) is 0. The first-order valence-corrected chi connectivity index (χ1v) is 4.86. The van der Waals surface area contributed by atoms with E-state index in [1.54, 1.807) is 0 Å². The molecule has 0 saturated carbocycles. The molecule has 1 aliphatic heterocycles. The smallest absolute Gasteiger partial charge is 0.106 e. The van der Waals surface area contributed by atoms with Crippen LogP contribution < -0.4 is 0 Å². The highest BCUT2D eigenvalue weighted by Gasteiger charge is 2.25. The first-order chi connectivity index (χ1) is 5.68. The number of hydrogen-bond acceptors (Lipinski definition) is 1. The maximum absolute atomic E-state index is 5.23. The van der Waals surface area contributed by atoms with E-state index in [0.717, 1.165) is 6.61 Å². The van der Waals surface area contributed by atoms with Gasteiger partial charge < -0.3 is 4.74 Å². The predicted octanol–water partition coefficient (Wildman–Crippen LogP) is 3.14. The largest absolute Gasteiger partial charge is 0.368 e. The van der Waals surface area contributed by atoms with Crippen molar-refractivity contribution < 1.29 is 4.74 Å². The summed E-state index contributed by atoms with van der Waals surface area (Å²) in [6.45, 7) is 5.12. The molecule has 1 fully saturated rings. The normalized spacial score (nSPS) is 21.1. The lowest BCUT2D eigenvalue weighted by Gasteiger charge is -2.05. The first-order valence-electron chi connectivity index (χ1n) is 4.06. The lowest BCUT2D eigenvalue weighted by molar-refractivity contribution is 0.415. The molecule has 0 amide bonds. The maximum atomic E-state index is 5.23. The van der Waals surface area contributed by atoms with Crippen LogP contribution in [0.2, 0.25) is 0 Å². The van der Waals surface area contributed by atoms with Crippen molar-refractivity contribution in [1.82, 2.24) is 0 Å². The van der Waals surface area contributed by atoms with Crippen molar-refractivity contribution >= 4 is 15.9 Å². The summed E-state index contributed by atoms with van der Waals surface area (Å²) >= 11 is 3.54. The van der Waals surface area contributed by atoms with Crippen molar-refractivity contribution in [3.8, 4) is 0 Å². The van der Waals surface area contributed by atoms with E-state index in [1.165, 1.54) is 21.2 Å². The molecule has 12 heavy (non-hydrogen) atoms. The highest BCUT2D eigenvalue weighted by molar-refractivity contribution is 9.10. The van der Waals surface area contributed by atoms with Crippen LogP contribution in [-0.4, -0.2) is 6.61 Å². The maximum Gasteiger partial charge on any atom is 0.106 e. The minimum absolute atomic E-state index is 0.371. The van der Waals surface area contributed by atoms with Crippen molar-refractivity contribution in [1.29, 1.82) is 0 Å². The molecule has 0 unspecified atom stereocenters. The second-order valence-corrected chi connectivity index (χ2v) is 4.08. The average molecular weight is 227 g/mol. The average Bonchev–Trinajstić information content (AvgIpc) is 2.81. The third kappa shape index (κ3) is 1.41. The Balaban J connectivity index is 2.45. The van der Waals surface area contributed by atoms with Crippen molar-refractivity contribution in [2.45, 2.75) is 20.0 Å². The molecule has 1 heterocycles. The van der Waals surface area contributed by atoms with Crippen LogP contribution in [0.4, 0.5) is 0 Å². The van der Waals surface area contributed by atoms with Gasteiger partial charge >= 0.3 is 0 Å². The summed E-state index contributed by atoms with van der Waals surface area (Å²) < 4.78 is 6.44. The van der Waals surface area contributed by atoms with Gasteiger partial charge in [0.25, 0.3) is 0 Å². The van der Waals surface area contributed by atoms with E-state index < -0.39 is 0 Å². The van der Waals surface area contributed by atoms with Crippen LogP contribution >= 0.6 is 15.9 Å². The predicted molar refractivity (Wildman–Crippen MR) is 52.3 cm³/mol. The van der Waals surface area contributed by atoms with Crippen LogP contribution in [0.1, 0.15) is 22.8 Å². The fourth-order valence-corrected chi connectivity index (χ4v) is 1.63. The summed E-state index contributed by atoms with van der Waals surface area (Å²) in [5.74, 6) is 0. The first kappa shape index (κ1) is 8.27. The Kier molecular flexibility index (Phi) is 1.97. The molecular formula is C10H11BrO. The van der Waals surface area contributed by atoms with Gasteiger partial charge in [-0.3, -0.25) is 0 Å². The van der Waals surface area contributed by atoms with Crippen molar-refractivity contribution in [2.24, 2.45) is 0 Å². The van der Waals surface area contributed by atoms with Gasteiger partial charge in [0.15, 0.2) is 0 Å². The molecule has 1 aromatic carbocycles. The topological polar surface area (TPSA) is 12.5 Å². The highest BCUT2D eigenvalue weighted by Crippen LogP contribution is 2.33. The molecule has 1 nitrogen and oxygen atoms in total. The molecule has 64 valence electrons. The minimum atomic E-state index is 0.371. The number of hydrogen-bond donors (Lipinski definition) is 0. The number of halogens is 1. The number of ether oxygens (including phenoxy) is 1. The van der Waals surface area contributed by atoms with Gasteiger partial charge in [0.05, 0.1) is 6.61 Å². The van der Waals surface area contributed by atoms with Gasteiger partial charge in [-0.15, -0.1) is 0 Å². The summed E-state index contributed by atoms with van der Waals surface area (Å²) in [5, 5.41) is 0. The molecule has 0 bridgehead atoms. The van der Waals surface area contributed by atoms with Gasteiger partial charge in [0, 0.05) is 4.47 Å². The van der Waals surface area contributed by atoms with Crippen LogP contribution in [0.5, 0.6) is 0 Å². The minimum Gasteiger partial charge on any atom is -0.368 e. The van der Waals surface area contributed by atoms with E-state index in [9.17, 15) is 0 Å². The fraction of sp³-hybridized carbons (Fsp3) is 0.400. The molecule has 0 spiro atoms. The number of aryl methyl sites for hydroxylation is 2. The van der Waals surface area contributed by atoms with Crippen LogP contribution in [-0.2, 0) is 4.74 Å². The van der Waals surface area contributed by atoms with Crippen LogP contribution in [0.3, 0.4) is 0 Å². The molecule has 2 heteroatoms. The zero-order chi connectivity index (χ0) is 8.72. The molecule has 1 saturated heterocycles. The number of rotatable bonds is 1. The Bertz CT molecular complexity index is 293. The number of benzene rings is 1. The van der Waals surface area contributed by atoms with Crippen molar-refractivity contribution in [3.05, 3.63) is 33.3 Å². The Labute approximate surface area is 80.9 Å². The molecular weight excluding hydrogens is 216 g/mol. The zero-order valence-electron chi connectivity index (χ0n) is 7.23. The zero-order valence-corrected chi connectivity index (χ0v) is 8.81. The third-order valence-electron chi connectivity index (χ3n) is 2.16. The van der Waals surface area contributed by atoms with Gasteiger partial charge in [-0.05, 0) is 30.5 Å². The molecule has 0 aliphatic carbocycles. The van der Waals surface area contributed by atoms with Gasteiger partial charge in [-0.1, -0.05) is 28.1 Å². The van der Waals surface area contributed by atoms with E-state index >= 15 is 0 Å². The monoisotopic (exact) mass is 226 g/mol. The Morgan fingerprint density at radius 2 is 1.83 bits per heavy atom. The summed E-state index contributed by atoms with van der Waals surface area (Å²) in [4.78, 5) is 0. The molecule has 0 radical (unpaired) electrons. The lowest BCUT2D eigenvalue weighted by atomic mass is 10.1. The standard InChI is InChI=1S/C10H11BrO/c1-6-3-8(9-5-12-9)4-7(2)10(6)11/h3-4,9H,5H2,1-2H3/t9-/m1/s1. The van der Waals surface area contributed by atoms with Crippen molar-refractivity contribution in [2.75, 3.05) is 6.61 Å². The third-order valence-corrected chi connectivity index (χ3v) is 3.41. The highest BCUT2D eigenvalue weighted by atomic mass is 79.9. The van der Waals surface area contributed by atoms with E-state index in [0.29, 0.717) is 6.10 Å². The molecule has 0 aromatic heterocycles. The molecule has 1 aliphatic rings. The van der Waals surface area contributed by atoms with Crippen LogP contribution in [0.25, 0.3) is 0 Å². The SMILES string of the molecule is Cc1cc([C@H]2CO2)cc(C)c1Br. The summed E-state index contributed by atoms with van der Waals surface area (Å²) in [6.07, 6.45) is 0.371.